The second-order valence-corrected chi connectivity index (χ2v) is 4.83. The van der Waals surface area contributed by atoms with Crippen molar-refractivity contribution in [2.75, 3.05) is 13.7 Å². The summed E-state index contributed by atoms with van der Waals surface area (Å²) in [6.45, 7) is -0.589. The lowest BCUT2D eigenvalue weighted by Gasteiger charge is -2.39. The fourth-order valence-corrected chi connectivity index (χ4v) is 2.12. The van der Waals surface area contributed by atoms with Gasteiger partial charge in [0.05, 0.1) is 19.3 Å². The molecular weight excluding hydrogens is 296 g/mol. The van der Waals surface area contributed by atoms with Crippen molar-refractivity contribution >= 4 is 5.97 Å². The Hall–Kier alpha value is -1.71. The molecule has 2 rings (SSSR count). The summed E-state index contributed by atoms with van der Waals surface area (Å²) in [5, 5.41) is 38.3. The molecule has 0 spiro atoms. The van der Waals surface area contributed by atoms with E-state index in [2.05, 4.69) is 0 Å². The zero-order valence-electron chi connectivity index (χ0n) is 11.8. The number of hydrogen-bond acceptors (Lipinski definition) is 8. The molecule has 122 valence electrons. The molecule has 1 fully saturated rings. The molecule has 0 amide bonds. The van der Waals surface area contributed by atoms with Gasteiger partial charge in [-0.1, -0.05) is 0 Å². The van der Waals surface area contributed by atoms with Crippen molar-refractivity contribution in [1.82, 2.24) is 0 Å². The number of rotatable bonds is 4. The number of esters is 1. The first kappa shape index (κ1) is 16.7. The van der Waals surface area contributed by atoms with E-state index in [1.54, 1.807) is 12.1 Å². The number of methoxy groups -OCH3 is 1. The van der Waals surface area contributed by atoms with E-state index >= 15 is 0 Å². The normalized spacial score (nSPS) is 31.6. The average molecular weight is 314 g/mol. The van der Waals surface area contributed by atoms with Crippen LogP contribution in [0.25, 0.3) is 0 Å². The van der Waals surface area contributed by atoms with E-state index in [1.807, 2.05) is 0 Å². The lowest BCUT2D eigenvalue weighted by molar-refractivity contribution is -0.285. The quantitative estimate of drug-likeness (QED) is 0.503. The van der Waals surface area contributed by atoms with Crippen molar-refractivity contribution < 1.29 is 39.4 Å². The Labute approximate surface area is 126 Å². The van der Waals surface area contributed by atoms with E-state index in [0.29, 0.717) is 5.75 Å². The van der Waals surface area contributed by atoms with E-state index < -0.39 is 43.3 Å². The van der Waals surface area contributed by atoms with Gasteiger partial charge in [-0.25, -0.2) is 4.79 Å². The van der Waals surface area contributed by atoms with Gasteiger partial charge in [-0.15, -0.1) is 0 Å². The molecular formula is C14H18O8. The maximum Gasteiger partial charge on any atom is 0.338 e. The van der Waals surface area contributed by atoms with Gasteiger partial charge in [0.2, 0.25) is 0 Å². The largest absolute Gasteiger partial charge is 0.497 e. The Morgan fingerprint density at radius 1 is 1.18 bits per heavy atom. The first-order valence-corrected chi connectivity index (χ1v) is 6.63. The summed E-state index contributed by atoms with van der Waals surface area (Å²) in [4.78, 5) is 12.0. The smallest absolute Gasteiger partial charge is 0.338 e. The third-order valence-electron chi connectivity index (χ3n) is 3.41. The zero-order valence-corrected chi connectivity index (χ0v) is 11.8. The minimum absolute atomic E-state index is 0.180. The van der Waals surface area contributed by atoms with Crippen LogP contribution in [0.2, 0.25) is 0 Å². The van der Waals surface area contributed by atoms with Crippen LogP contribution in [0, 0.1) is 0 Å². The fraction of sp³-hybridized carbons (Fsp3) is 0.500. The van der Waals surface area contributed by atoms with Gasteiger partial charge in [0.25, 0.3) is 0 Å². The van der Waals surface area contributed by atoms with Crippen molar-refractivity contribution in [2.45, 2.75) is 30.7 Å². The molecule has 5 atom stereocenters. The molecule has 1 aromatic rings. The van der Waals surface area contributed by atoms with Gasteiger partial charge in [0.15, 0.2) is 12.4 Å². The number of hydrogen-bond donors (Lipinski definition) is 4. The highest BCUT2D eigenvalue weighted by atomic mass is 16.7. The SMILES string of the molecule is COc1ccc(C(=O)O[C@@H]2[C@@H](O)[C@H](O)[C@@H](CO)O[C@@H]2O)cc1. The fourth-order valence-electron chi connectivity index (χ4n) is 2.12. The first-order valence-electron chi connectivity index (χ1n) is 6.63. The zero-order chi connectivity index (χ0) is 16.3. The van der Waals surface area contributed by atoms with Gasteiger partial charge in [-0.3, -0.25) is 0 Å². The Bertz CT molecular complexity index is 502. The van der Waals surface area contributed by atoms with Crippen LogP contribution in [0.1, 0.15) is 10.4 Å². The van der Waals surface area contributed by atoms with E-state index in [4.69, 9.17) is 19.3 Å². The van der Waals surface area contributed by atoms with Crippen molar-refractivity contribution in [1.29, 1.82) is 0 Å². The van der Waals surface area contributed by atoms with Crippen LogP contribution in [0.15, 0.2) is 24.3 Å². The second kappa shape index (κ2) is 7.03. The topological polar surface area (TPSA) is 126 Å². The van der Waals surface area contributed by atoms with Gasteiger partial charge in [0, 0.05) is 0 Å². The van der Waals surface area contributed by atoms with Gasteiger partial charge in [0.1, 0.15) is 24.1 Å². The van der Waals surface area contributed by atoms with Crippen LogP contribution < -0.4 is 4.74 Å². The number of ether oxygens (including phenoxy) is 3. The number of aliphatic hydroxyl groups is 4. The minimum atomic E-state index is -1.65. The maximum atomic E-state index is 12.0. The van der Waals surface area contributed by atoms with Crippen molar-refractivity contribution in [3.05, 3.63) is 29.8 Å². The average Bonchev–Trinajstić information content (AvgIpc) is 2.54. The Morgan fingerprint density at radius 3 is 2.36 bits per heavy atom. The molecule has 1 heterocycles. The standard InChI is InChI=1S/C14H18O8/c1-20-8-4-2-7(3-5-8)13(18)22-12-11(17)10(16)9(6-15)21-14(12)19/h2-5,9-12,14-17,19H,6H2,1H3/t9-,10-,11+,12-,14+/m1/s1. The van der Waals surface area contributed by atoms with Gasteiger partial charge in [-0.05, 0) is 24.3 Å². The van der Waals surface area contributed by atoms with Gasteiger partial charge < -0.3 is 34.6 Å². The van der Waals surface area contributed by atoms with E-state index in [0.717, 1.165) is 0 Å². The van der Waals surface area contributed by atoms with Gasteiger partial charge >= 0.3 is 5.97 Å². The van der Waals surface area contributed by atoms with Crippen molar-refractivity contribution in [2.24, 2.45) is 0 Å². The first-order chi connectivity index (χ1) is 10.5. The molecule has 0 aliphatic carbocycles. The molecule has 0 saturated carbocycles. The van der Waals surface area contributed by atoms with Crippen molar-refractivity contribution in [3.8, 4) is 5.75 Å². The van der Waals surface area contributed by atoms with Crippen LogP contribution in [-0.4, -0.2) is 70.8 Å². The molecule has 1 aliphatic heterocycles. The maximum absolute atomic E-state index is 12.0. The summed E-state index contributed by atoms with van der Waals surface area (Å²) in [6, 6.07) is 6.02. The lowest BCUT2D eigenvalue weighted by Crippen LogP contribution is -2.59. The van der Waals surface area contributed by atoms with Crippen LogP contribution >= 0.6 is 0 Å². The third-order valence-corrected chi connectivity index (χ3v) is 3.41. The van der Waals surface area contributed by atoms with Gasteiger partial charge in [-0.2, -0.15) is 0 Å². The molecule has 1 saturated heterocycles. The predicted octanol–water partition coefficient (Wildman–Crippen LogP) is -1.35. The Morgan fingerprint density at radius 2 is 1.82 bits per heavy atom. The number of benzene rings is 1. The van der Waals surface area contributed by atoms with Crippen LogP contribution in [-0.2, 0) is 9.47 Å². The molecule has 8 nitrogen and oxygen atoms in total. The highest BCUT2D eigenvalue weighted by Gasteiger charge is 2.45. The minimum Gasteiger partial charge on any atom is -0.497 e. The molecule has 0 radical (unpaired) electrons. The summed E-state index contributed by atoms with van der Waals surface area (Å²) in [7, 11) is 1.48. The van der Waals surface area contributed by atoms with Crippen molar-refractivity contribution in [3.63, 3.8) is 0 Å². The molecule has 22 heavy (non-hydrogen) atoms. The van der Waals surface area contributed by atoms with E-state index in [9.17, 15) is 20.1 Å². The summed E-state index contributed by atoms with van der Waals surface area (Å²) in [5.41, 5.74) is 0.180. The molecule has 0 bridgehead atoms. The number of aliphatic hydroxyl groups excluding tert-OH is 4. The molecule has 4 N–H and O–H groups in total. The lowest BCUT2D eigenvalue weighted by atomic mass is 9.99. The molecule has 8 heteroatoms. The summed E-state index contributed by atoms with van der Waals surface area (Å²) in [5.74, 6) is -0.247. The molecule has 1 aromatic carbocycles. The van der Waals surface area contributed by atoms with E-state index in [1.165, 1.54) is 19.2 Å². The second-order valence-electron chi connectivity index (χ2n) is 4.83. The predicted molar refractivity (Wildman–Crippen MR) is 72.2 cm³/mol. The Balaban J connectivity index is 2.06. The molecule has 1 aliphatic rings. The van der Waals surface area contributed by atoms with Crippen LogP contribution in [0.5, 0.6) is 5.75 Å². The summed E-state index contributed by atoms with van der Waals surface area (Å²) < 4.78 is 14.9. The summed E-state index contributed by atoms with van der Waals surface area (Å²) >= 11 is 0. The molecule has 0 unspecified atom stereocenters. The monoisotopic (exact) mass is 314 g/mol. The highest BCUT2D eigenvalue weighted by Crippen LogP contribution is 2.23. The summed E-state index contributed by atoms with van der Waals surface area (Å²) in [6.07, 6.45) is -7.34. The third kappa shape index (κ3) is 3.37. The molecule has 0 aromatic heterocycles. The Kier molecular flexibility index (Phi) is 5.33. The number of carbonyl (C=O) groups excluding carboxylic acids is 1. The van der Waals surface area contributed by atoms with Crippen LogP contribution in [0.3, 0.4) is 0 Å². The number of carbonyl (C=O) groups is 1. The van der Waals surface area contributed by atoms with Crippen LogP contribution in [0.4, 0.5) is 0 Å². The highest BCUT2D eigenvalue weighted by molar-refractivity contribution is 5.89. The van der Waals surface area contributed by atoms with E-state index in [-0.39, 0.29) is 5.56 Å².